The van der Waals surface area contributed by atoms with Crippen LogP contribution in [0.25, 0.3) is 16.6 Å². The Labute approximate surface area is 258 Å². The molecule has 0 spiro atoms. The summed E-state index contributed by atoms with van der Waals surface area (Å²) in [6, 6.07) is 11.0. The SMILES string of the molecule is COc1cc2ncnc(Nc3cc(C)c(Oc4ccn5ncnc5c4)cc3OC)c2cc1NC(=O)C(Cl)=CC1CCCN1C. The number of anilines is 3. The summed E-state index contributed by atoms with van der Waals surface area (Å²) in [5, 5.41) is 11.1. The van der Waals surface area contributed by atoms with Gasteiger partial charge in [0.05, 0.1) is 31.1 Å². The second kappa shape index (κ2) is 12.3. The van der Waals surface area contributed by atoms with Crippen LogP contribution in [0.2, 0.25) is 0 Å². The zero-order chi connectivity index (χ0) is 30.8. The van der Waals surface area contributed by atoms with E-state index in [0.29, 0.717) is 56.7 Å². The van der Waals surface area contributed by atoms with E-state index in [-0.39, 0.29) is 11.1 Å². The van der Waals surface area contributed by atoms with E-state index in [0.717, 1.165) is 24.9 Å². The van der Waals surface area contributed by atoms with Gasteiger partial charge in [-0.2, -0.15) is 5.10 Å². The quantitative estimate of drug-likeness (QED) is 0.200. The van der Waals surface area contributed by atoms with Gasteiger partial charge in [0.25, 0.3) is 5.91 Å². The van der Waals surface area contributed by atoms with Crippen LogP contribution in [0.3, 0.4) is 0 Å². The lowest BCUT2D eigenvalue weighted by molar-refractivity contribution is -0.112. The molecule has 1 atom stereocenters. The van der Waals surface area contributed by atoms with E-state index < -0.39 is 5.91 Å². The summed E-state index contributed by atoms with van der Waals surface area (Å²) < 4.78 is 19.1. The number of carbonyl (C=O) groups excluding carboxylic acids is 1. The zero-order valence-electron chi connectivity index (χ0n) is 24.7. The molecule has 5 aromatic rings. The van der Waals surface area contributed by atoms with Crippen molar-refractivity contribution >= 4 is 51.3 Å². The molecule has 226 valence electrons. The molecular weight excluding hydrogens is 584 g/mol. The highest BCUT2D eigenvalue weighted by molar-refractivity contribution is 6.44. The van der Waals surface area contributed by atoms with Crippen LogP contribution < -0.4 is 24.8 Å². The first kappa shape index (κ1) is 29.1. The maximum absolute atomic E-state index is 13.1. The lowest BCUT2D eigenvalue weighted by Crippen LogP contribution is -2.24. The van der Waals surface area contributed by atoms with Crippen molar-refractivity contribution in [3.63, 3.8) is 0 Å². The number of likely N-dealkylation sites (N-methyl/N-ethyl adjacent to an activating group) is 1. The van der Waals surface area contributed by atoms with Gasteiger partial charge in [0.2, 0.25) is 0 Å². The van der Waals surface area contributed by atoms with Crippen molar-refractivity contribution < 1.29 is 19.0 Å². The largest absolute Gasteiger partial charge is 0.494 e. The number of benzene rings is 2. The summed E-state index contributed by atoms with van der Waals surface area (Å²) in [6.45, 7) is 2.91. The highest BCUT2D eigenvalue weighted by Crippen LogP contribution is 2.39. The van der Waals surface area contributed by atoms with Crippen molar-refractivity contribution in [1.29, 1.82) is 0 Å². The smallest absolute Gasteiger partial charge is 0.266 e. The number of methoxy groups -OCH3 is 2. The van der Waals surface area contributed by atoms with Crippen LogP contribution >= 0.6 is 11.6 Å². The Bertz CT molecular complexity index is 1890. The summed E-state index contributed by atoms with van der Waals surface area (Å²) >= 11 is 6.42. The van der Waals surface area contributed by atoms with Gasteiger partial charge in [0.1, 0.15) is 46.5 Å². The van der Waals surface area contributed by atoms with E-state index in [1.54, 1.807) is 48.2 Å². The van der Waals surface area contributed by atoms with Gasteiger partial charge in [-0.3, -0.25) is 9.69 Å². The monoisotopic (exact) mass is 614 g/mol. The van der Waals surface area contributed by atoms with Gasteiger partial charge >= 0.3 is 0 Å². The van der Waals surface area contributed by atoms with Crippen LogP contribution in [0.15, 0.2) is 66.4 Å². The average Bonchev–Trinajstić information content (AvgIpc) is 3.66. The molecule has 1 amide bonds. The molecule has 2 N–H and O–H groups in total. The van der Waals surface area contributed by atoms with Crippen molar-refractivity contribution in [2.45, 2.75) is 25.8 Å². The van der Waals surface area contributed by atoms with Crippen LogP contribution in [0.1, 0.15) is 18.4 Å². The first-order valence-electron chi connectivity index (χ1n) is 14.0. The number of aromatic nitrogens is 5. The van der Waals surface area contributed by atoms with Crippen LogP contribution in [0.4, 0.5) is 17.2 Å². The maximum Gasteiger partial charge on any atom is 0.266 e. The lowest BCUT2D eigenvalue weighted by Gasteiger charge is -2.17. The number of likely N-dealkylation sites (tertiary alicyclic amines) is 1. The van der Waals surface area contributed by atoms with E-state index >= 15 is 0 Å². The molecule has 2 aromatic carbocycles. The summed E-state index contributed by atoms with van der Waals surface area (Å²) in [5.41, 5.74) is 3.25. The number of pyridine rings is 1. The fourth-order valence-corrected chi connectivity index (χ4v) is 5.38. The molecule has 1 fully saturated rings. The minimum Gasteiger partial charge on any atom is -0.494 e. The molecule has 3 aromatic heterocycles. The Hall–Kier alpha value is -4.94. The van der Waals surface area contributed by atoms with Crippen LogP contribution in [0, 0.1) is 6.92 Å². The van der Waals surface area contributed by atoms with Crippen molar-refractivity contribution in [1.82, 2.24) is 29.5 Å². The first-order valence-corrected chi connectivity index (χ1v) is 14.4. The standard InChI is InChI=1S/C31H31ClN8O4/c1-18-10-24(28(43-4)15-26(18)44-20-7-9-40-29(12-20)34-17-36-40)37-30-21-13-25(27(42-3)14-23(21)33-16-35-30)38-31(41)22(32)11-19-6-5-8-39(19)2/h7,9-17,19H,5-6,8H2,1-4H3,(H,38,41)(H,33,35,37). The van der Waals surface area contributed by atoms with E-state index in [2.05, 4.69) is 35.6 Å². The van der Waals surface area contributed by atoms with Gasteiger partial charge in [-0.05, 0) is 63.2 Å². The molecule has 6 rings (SSSR count). The zero-order valence-corrected chi connectivity index (χ0v) is 25.4. The molecule has 1 aliphatic heterocycles. The van der Waals surface area contributed by atoms with Gasteiger partial charge in [-0.1, -0.05) is 11.6 Å². The summed E-state index contributed by atoms with van der Waals surface area (Å²) in [6.07, 6.45) is 8.54. The normalized spacial score (nSPS) is 15.5. The molecule has 12 nitrogen and oxygen atoms in total. The third-order valence-electron chi connectivity index (χ3n) is 7.57. The van der Waals surface area contributed by atoms with E-state index in [1.807, 2.05) is 26.1 Å². The number of carbonyl (C=O) groups is 1. The minimum atomic E-state index is -0.424. The molecule has 1 unspecified atom stereocenters. The van der Waals surface area contributed by atoms with E-state index in [9.17, 15) is 4.79 Å². The molecule has 0 aliphatic carbocycles. The third kappa shape index (κ3) is 5.94. The van der Waals surface area contributed by atoms with Crippen LogP contribution in [-0.2, 0) is 4.79 Å². The number of rotatable bonds is 9. The number of ether oxygens (including phenoxy) is 3. The summed E-state index contributed by atoms with van der Waals surface area (Å²) in [5.74, 6) is 2.30. The number of halogens is 1. The molecule has 13 heteroatoms. The third-order valence-corrected chi connectivity index (χ3v) is 7.86. The topological polar surface area (TPSA) is 128 Å². The fraction of sp³-hybridized carbons (Fsp3) is 0.258. The number of hydrogen-bond donors (Lipinski definition) is 2. The number of hydrogen-bond acceptors (Lipinski definition) is 10. The maximum atomic E-state index is 13.1. The predicted octanol–water partition coefficient (Wildman–Crippen LogP) is 5.69. The number of nitrogens with one attached hydrogen (secondary N) is 2. The lowest BCUT2D eigenvalue weighted by atomic mass is 10.1. The summed E-state index contributed by atoms with van der Waals surface area (Å²) in [4.78, 5) is 28.3. The first-order chi connectivity index (χ1) is 21.3. The molecule has 0 saturated carbocycles. The Balaban J connectivity index is 1.28. The average molecular weight is 615 g/mol. The highest BCUT2D eigenvalue weighted by Gasteiger charge is 2.22. The fourth-order valence-electron chi connectivity index (χ4n) is 5.18. The molecule has 44 heavy (non-hydrogen) atoms. The Morgan fingerprint density at radius 3 is 2.61 bits per heavy atom. The van der Waals surface area contributed by atoms with Crippen molar-refractivity contribution in [3.05, 3.63) is 71.9 Å². The second-order valence-corrected chi connectivity index (χ2v) is 10.8. The van der Waals surface area contributed by atoms with E-state index in [1.165, 1.54) is 19.8 Å². The van der Waals surface area contributed by atoms with Crippen LogP contribution in [-0.4, -0.2) is 69.2 Å². The molecule has 1 aliphatic rings. The van der Waals surface area contributed by atoms with Gasteiger partial charge < -0.3 is 24.8 Å². The molecule has 0 radical (unpaired) electrons. The van der Waals surface area contributed by atoms with Gasteiger partial charge in [-0.25, -0.2) is 19.5 Å². The minimum absolute atomic E-state index is 0.123. The molecule has 0 bridgehead atoms. The van der Waals surface area contributed by atoms with Gasteiger partial charge in [0, 0.05) is 35.8 Å². The molecular formula is C31H31ClN8O4. The van der Waals surface area contributed by atoms with Crippen molar-refractivity contribution in [3.8, 4) is 23.0 Å². The summed E-state index contributed by atoms with van der Waals surface area (Å²) in [7, 11) is 5.14. The second-order valence-electron chi connectivity index (χ2n) is 10.4. The number of fused-ring (bicyclic) bond motifs is 2. The van der Waals surface area contributed by atoms with E-state index in [4.69, 9.17) is 25.8 Å². The number of nitrogens with zero attached hydrogens (tertiary/aromatic N) is 6. The molecule has 1 saturated heterocycles. The van der Waals surface area contributed by atoms with Crippen molar-refractivity contribution in [2.24, 2.45) is 0 Å². The van der Waals surface area contributed by atoms with Gasteiger partial charge in [-0.15, -0.1) is 0 Å². The number of amides is 1. The number of aryl methyl sites for hydroxylation is 1. The van der Waals surface area contributed by atoms with Crippen molar-refractivity contribution in [2.75, 3.05) is 38.4 Å². The Morgan fingerprint density at radius 1 is 1.02 bits per heavy atom. The highest BCUT2D eigenvalue weighted by atomic mass is 35.5. The Kier molecular flexibility index (Phi) is 8.18. The van der Waals surface area contributed by atoms with Gasteiger partial charge in [0.15, 0.2) is 5.65 Å². The van der Waals surface area contributed by atoms with Crippen LogP contribution in [0.5, 0.6) is 23.0 Å². The predicted molar refractivity (Wildman–Crippen MR) is 168 cm³/mol. The molecule has 4 heterocycles. The Morgan fingerprint density at radius 2 is 1.84 bits per heavy atom.